The molecule has 0 spiro atoms. The molecule has 1 aromatic heterocycles. The van der Waals surface area contributed by atoms with Crippen molar-refractivity contribution >= 4 is 16.9 Å². The van der Waals surface area contributed by atoms with Crippen molar-refractivity contribution in [3.8, 4) is 11.1 Å². The minimum absolute atomic E-state index is 0.146. The van der Waals surface area contributed by atoms with E-state index in [0.29, 0.717) is 27.6 Å². The third-order valence-corrected chi connectivity index (χ3v) is 4.96. The molecule has 0 aliphatic carbocycles. The van der Waals surface area contributed by atoms with Gasteiger partial charge >= 0.3 is 12.1 Å². The van der Waals surface area contributed by atoms with E-state index >= 15 is 0 Å². The first-order chi connectivity index (χ1) is 14.9. The van der Waals surface area contributed by atoms with Gasteiger partial charge in [-0.3, -0.25) is 9.78 Å². The Labute approximate surface area is 177 Å². The van der Waals surface area contributed by atoms with Crippen molar-refractivity contribution in [1.82, 2.24) is 4.98 Å². The highest BCUT2D eigenvalue weighted by Crippen LogP contribution is 2.41. The van der Waals surface area contributed by atoms with Gasteiger partial charge in [-0.2, -0.15) is 13.2 Å². The first-order valence-electron chi connectivity index (χ1n) is 9.62. The number of esters is 1. The molecule has 0 bridgehead atoms. The number of halogens is 3. The van der Waals surface area contributed by atoms with Gasteiger partial charge in [-0.25, -0.2) is 0 Å². The Balaban J connectivity index is 2.06. The maximum Gasteiger partial charge on any atom is 0.418 e. The summed E-state index contributed by atoms with van der Waals surface area (Å²) in [5.41, 5.74) is 1.51. The van der Waals surface area contributed by atoms with E-state index in [4.69, 9.17) is 4.74 Å². The zero-order valence-corrected chi connectivity index (χ0v) is 16.6. The quantitative estimate of drug-likeness (QED) is 0.350. The zero-order chi connectivity index (χ0) is 22.0. The molecule has 0 amide bonds. The summed E-state index contributed by atoms with van der Waals surface area (Å²) < 4.78 is 46.5. The van der Waals surface area contributed by atoms with Crippen molar-refractivity contribution in [3.05, 3.63) is 102 Å². The zero-order valence-electron chi connectivity index (χ0n) is 16.6. The number of fused-ring (bicyclic) bond motifs is 1. The topological polar surface area (TPSA) is 39.2 Å². The second kappa shape index (κ2) is 8.22. The number of rotatable bonds is 4. The van der Waals surface area contributed by atoms with Crippen LogP contribution < -0.4 is 0 Å². The standard InChI is InChI=1S/C25H18F3NO2/c1-16(30)31-24(18-11-6-3-7-12-18)20-15-29-23-19(13-8-14-21(23)25(26,27)28)22(20)17-9-4-2-5-10-17/h2-15,24H,1H3. The summed E-state index contributed by atoms with van der Waals surface area (Å²) in [4.78, 5) is 16.1. The van der Waals surface area contributed by atoms with Crippen molar-refractivity contribution in [2.75, 3.05) is 0 Å². The second-order valence-electron chi connectivity index (χ2n) is 7.05. The highest BCUT2D eigenvalue weighted by atomic mass is 19.4. The van der Waals surface area contributed by atoms with Crippen LogP contribution in [0.4, 0.5) is 13.2 Å². The maximum absolute atomic E-state index is 13.6. The molecule has 1 atom stereocenters. The smallest absolute Gasteiger partial charge is 0.418 e. The minimum Gasteiger partial charge on any atom is -0.453 e. The molecule has 0 aliphatic heterocycles. The molecule has 156 valence electrons. The molecule has 6 heteroatoms. The predicted octanol–water partition coefficient (Wildman–Crippen LogP) is 6.57. The lowest BCUT2D eigenvalue weighted by Gasteiger charge is -2.23. The molecule has 0 N–H and O–H groups in total. The average Bonchev–Trinajstić information content (AvgIpc) is 2.76. The van der Waals surface area contributed by atoms with Crippen LogP contribution in [-0.4, -0.2) is 11.0 Å². The van der Waals surface area contributed by atoms with Crippen LogP contribution in [0.5, 0.6) is 0 Å². The Kier molecular flexibility index (Phi) is 5.46. The Morgan fingerprint density at radius 1 is 0.903 bits per heavy atom. The SMILES string of the molecule is CC(=O)OC(c1ccccc1)c1cnc2c(C(F)(F)F)cccc2c1-c1ccccc1. The number of para-hydroxylation sites is 1. The van der Waals surface area contributed by atoms with Gasteiger partial charge in [-0.1, -0.05) is 72.8 Å². The van der Waals surface area contributed by atoms with Crippen LogP contribution in [-0.2, 0) is 15.7 Å². The summed E-state index contributed by atoms with van der Waals surface area (Å²) in [5, 5.41) is 0.339. The molecule has 0 aliphatic rings. The summed E-state index contributed by atoms with van der Waals surface area (Å²) in [6.45, 7) is 1.30. The van der Waals surface area contributed by atoms with Crippen LogP contribution >= 0.6 is 0 Å². The number of carbonyl (C=O) groups is 1. The molecule has 0 fully saturated rings. The van der Waals surface area contributed by atoms with Crippen LogP contribution in [0.25, 0.3) is 22.0 Å². The van der Waals surface area contributed by atoms with Gasteiger partial charge < -0.3 is 4.74 Å². The van der Waals surface area contributed by atoms with Gasteiger partial charge in [0.05, 0.1) is 11.1 Å². The first kappa shape index (κ1) is 20.6. The normalized spacial score (nSPS) is 12.5. The predicted molar refractivity (Wildman–Crippen MR) is 112 cm³/mol. The Morgan fingerprint density at radius 3 is 2.16 bits per heavy atom. The molecule has 0 saturated carbocycles. The molecule has 4 rings (SSSR count). The van der Waals surface area contributed by atoms with E-state index in [1.54, 1.807) is 18.2 Å². The van der Waals surface area contributed by atoms with E-state index in [1.165, 1.54) is 19.2 Å². The van der Waals surface area contributed by atoms with E-state index in [9.17, 15) is 18.0 Å². The van der Waals surface area contributed by atoms with E-state index < -0.39 is 23.8 Å². The van der Waals surface area contributed by atoms with Crippen LogP contribution in [0.2, 0.25) is 0 Å². The second-order valence-corrected chi connectivity index (χ2v) is 7.05. The van der Waals surface area contributed by atoms with Crippen molar-refractivity contribution in [2.45, 2.75) is 19.2 Å². The number of carbonyl (C=O) groups excluding carboxylic acids is 1. The molecule has 1 unspecified atom stereocenters. The maximum atomic E-state index is 13.6. The third kappa shape index (κ3) is 4.14. The number of hydrogen-bond acceptors (Lipinski definition) is 3. The molecule has 4 aromatic rings. The van der Waals surface area contributed by atoms with Crippen LogP contribution in [0.15, 0.2) is 85.1 Å². The largest absolute Gasteiger partial charge is 0.453 e. The van der Waals surface area contributed by atoms with Crippen molar-refractivity contribution < 1.29 is 22.7 Å². The first-order valence-corrected chi connectivity index (χ1v) is 9.62. The van der Waals surface area contributed by atoms with Gasteiger partial charge in [0.15, 0.2) is 6.10 Å². The Morgan fingerprint density at radius 2 is 1.55 bits per heavy atom. The molecule has 1 heterocycles. The van der Waals surface area contributed by atoms with E-state index in [-0.39, 0.29) is 5.52 Å². The van der Waals surface area contributed by atoms with E-state index in [1.807, 2.05) is 48.5 Å². The molecular formula is C25H18F3NO2. The summed E-state index contributed by atoms with van der Waals surface area (Å²) in [7, 11) is 0. The van der Waals surface area contributed by atoms with E-state index in [0.717, 1.165) is 6.07 Å². The van der Waals surface area contributed by atoms with Crippen molar-refractivity contribution in [2.24, 2.45) is 0 Å². The summed E-state index contributed by atoms with van der Waals surface area (Å²) in [6.07, 6.45) is -3.99. The van der Waals surface area contributed by atoms with Crippen molar-refractivity contribution in [3.63, 3.8) is 0 Å². The molecule has 3 aromatic carbocycles. The Bertz CT molecular complexity index is 1220. The number of benzene rings is 3. The molecule has 0 radical (unpaired) electrons. The number of pyridine rings is 1. The average molecular weight is 421 g/mol. The van der Waals surface area contributed by atoms with Crippen LogP contribution in [0, 0.1) is 0 Å². The van der Waals surface area contributed by atoms with Gasteiger partial charge in [0.1, 0.15) is 0 Å². The lowest BCUT2D eigenvalue weighted by atomic mass is 9.90. The number of hydrogen-bond donors (Lipinski definition) is 0. The number of aromatic nitrogens is 1. The summed E-state index contributed by atoms with van der Waals surface area (Å²) in [6, 6.07) is 22.1. The highest BCUT2D eigenvalue weighted by molar-refractivity contribution is 5.98. The van der Waals surface area contributed by atoms with Gasteiger partial charge in [0.25, 0.3) is 0 Å². The lowest BCUT2D eigenvalue weighted by Crippen LogP contribution is -2.13. The fourth-order valence-corrected chi connectivity index (χ4v) is 3.70. The van der Waals surface area contributed by atoms with Crippen LogP contribution in [0.1, 0.15) is 29.7 Å². The summed E-state index contributed by atoms with van der Waals surface area (Å²) >= 11 is 0. The molecular weight excluding hydrogens is 403 g/mol. The fourth-order valence-electron chi connectivity index (χ4n) is 3.70. The van der Waals surface area contributed by atoms with Gasteiger partial charge in [-0.05, 0) is 22.8 Å². The van der Waals surface area contributed by atoms with Crippen LogP contribution in [0.3, 0.4) is 0 Å². The number of alkyl halides is 3. The molecule has 0 saturated heterocycles. The molecule has 31 heavy (non-hydrogen) atoms. The Hall–Kier alpha value is -3.67. The van der Waals surface area contributed by atoms with Gasteiger partial charge in [0, 0.05) is 24.1 Å². The monoisotopic (exact) mass is 421 g/mol. The van der Waals surface area contributed by atoms with Crippen molar-refractivity contribution in [1.29, 1.82) is 0 Å². The number of ether oxygens (including phenoxy) is 1. The molecule has 3 nitrogen and oxygen atoms in total. The minimum atomic E-state index is -4.54. The number of nitrogens with zero attached hydrogens (tertiary/aromatic N) is 1. The summed E-state index contributed by atoms with van der Waals surface area (Å²) in [5.74, 6) is -0.503. The van der Waals surface area contributed by atoms with Gasteiger partial charge in [0.2, 0.25) is 0 Å². The lowest BCUT2D eigenvalue weighted by molar-refractivity contribution is -0.144. The highest BCUT2D eigenvalue weighted by Gasteiger charge is 2.34. The fraction of sp³-hybridized carbons (Fsp3) is 0.120. The van der Waals surface area contributed by atoms with Gasteiger partial charge in [-0.15, -0.1) is 0 Å². The van der Waals surface area contributed by atoms with E-state index in [2.05, 4.69) is 4.98 Å². The third-order valence-electron chi connectivity index (χ3n) is 4.96.